The Labute approximate surface area is 124 Å². The maximum atomic E-state index is 12.7. The van der Waals surface area contributed by atoms with Crippen LogP contribution in [0.3, 0.4) is 0 Å². The lowest BCUT2D eigenvalue weighted by molar-refractivity contribution is 0.0736. The molecule has 1 saturated carbocycles. The molecule has 2 aliphatic heterocycles. The minimum Gasteiger partial charge on any atom is -0.333 e. The molecule has 3 heterocycles. The van der Waals surface area contributed by atoms with Crippen molar-refractivity contribution in [2.24, 2.45) is 5.92 Å². The number of fused-ring (bicyclic) bond motifs is 1. The van der Waals surface area contributed by atoms with Crippen molar-refractivity contribution in [1.82, 2.24) is 9.80 Å². The standard InChI is InChI=1S/C16H22N2OS/c1-11-6-9-20-15(11)16(19)18-8-5-13-14(18)4-7-17(13)10-12-2-3-12/h6,9,12-14H,2-5,7-8,10H2,1H3/t13-,14+/m0/s1. The van der Waals surface area contributed by atoms with Crippen molar-refractivity contribution in [2.75, 3.05) is 19.6 Å². The SMILES string of the molecule is Cc1ccsc1C(=O)N1CC[C@H]2[C@H]1CCN2CC1CC1. The molecule has 0 bridgehead atoms. The number of hydrogen-bond donors (Lipinski definition) is 0. The Balaban J connectivity index is 1.48. The Morgan fingerprint density at radius 1 is 1.25 bits per heavy atom. The predicted octanol–water partition coefficient (Wildman–Crippen LogP) is 2.76. The summed E-state index contributed by atoms with van der Waals surface area (Å²) in [5.74, 6) is 1.23. The summed E-state index contributed by atoms with van der Waals surface area (Å²) in [5.41, 5.74) is 1.14. The van der Waals surface area contributed by atoms with E-state index in [-0.39, 0.29) is 5.91 Å². The predicted molar refractivity (Wildman–Crippen MR) is 81.2 cm³/mol. The summed E-state index contributed by atoms with van der Waals surface area (Å²) in [6, 6.07) is 3.17. The molecule has 3 aliphatic rings. The molecule has 0 radical (unpaired) electrons. The average molecular weight is 290 g/mol. The largest absolute Gasteiger partial charge is 0.333 e. The topological polar surface area (TPSA) is 23.6 Å². The molecule has 0 aromatic carbocycles. The minimum atomic E-state index is 0.276. The first-order valence-electron chi connectivity index (χ1n) is 7.83. The number of rotatable bonds is 3. The van der Waals surface area contributed by atoms with Crippen molar-refractivity contribution in [3.8, 4) is 0 Å². The van der Waals surface area contributed by atoms with Gasteiger partial charge in [-0.25, -0.2) is 0 Å². The van der Waals surface area contributed by atoms with Crippen LogP contribution in [-0.4, -0.2) is 47.4 Å². The molecular formula is C16H22N2OS. The van der Waals surface area contributed by atoms with E-state index in [2.05, 4.69) is 15.9 Å². The third kappa shape index (κ3) is 2.09. The molecule has 1 amide bonds. The number of amides is 1. The number of aryl methyl sites for hydroxylation is 1. The van der Waals surface area contributed by atoms with E-state index in [1.54, 1.807) is 11.3 Å². The quantitative estimate of drug-likeness (QED) is 0.854. The third-order valence-corrected chi connectivity index (χ3v) is 6.20. The van der Waals surface area contributed by atoms with Crippen LogP contribution in [0.15, 0.2) is 11.4 Å². The number of thiophene rings is 1. The van der Waals surface area contributed by atoms with Crippen molar-refractivity contribution in [3.05, 3.63) is 21.9 Å². The lowest BCUT2D eigenvalue weighted by Gasteiger charge is -2.25. The highest BCUT2D eigenvalue weighted by atomic mass is 32.1. The number of nitrogens with zero attached hydrogens (tertiary/aromatic N) is 2. The van der Waals surface area contributed by atoms with E-state index in [9.17, 15) is 4.79 Å². The van der Waals surface area contributed by atoms with E-state index in [1.807, 2.05) is 12.3 Å². The van der Waals surface area contributed by atoms with Crippen LogP contribution < -0.4 is 0 Å². The molecule has 3 fully saturated rings. The molecule has 1 aromatic heterocycles. The average Bonchev–Trinajstić information content (AvgIpc) is 2.85. The van der Waals surface area contributed by atoms with Crippen LogP contribution in [0, 0.1) is 12.8 Å². The van der Waals surface area contributed by atoms with Gasteiger partial charge in [0.25, 0.3) is 5.91 Å². The van der Waals surface area contributed by atoms with E-state index in [4.69, 9.17) is 0 Å². The molecule has 2 atom stereocenters. The summed E-state index contributed by atoms with van der Waals surface area (Å²) in [4.78, 5) is 18.5. The molecular weight excluding hydrogens is 268 g/mol. The van der Waals surface area contributed by atoms with Gasteiger partial charge in [-0.05, 0) is 55.5 Å². The third-order valence-electron chi connectivity index (χ3n) is 5.20. The zero-order chi connectivity index (χ0) is 13.7. The van der Waals surface area contributed by atoms with Crippen molar-refractivity contribution in [3.63, 3.8) is 0 Å². The van der Waals surface area contributed by atoms with Gasteiger partial charge in [-0.1, -0.05) is 0 Å². The first-order valence-corrected chi connectivity index (χ1v) is 8.71. The summed E-state index contributed by atoms with van der Waals surface area (Å²) in [6.07, 6.45) is 5.19. The molecule has 108 valence electrons. The second kappa shape index (κ2) is 4.85. The molecule has 1 aliphatic carbocycles. The Morgan fingerprint density at radius 2 is 2.05 bits per heavy atom. The lowest BCUT2D eigenvalue weighted by Crippen LogP contribution is -2.40. The van der Waals surface area contributed by atoms with Crippen LogP contribution >= 0.6 is 11.3 Å². The monoisotopic (exact) mass is 290 g/mol. The fourth-order valence-corrected chi connectivity index (χ4v) is 4.79. The van der Waals surface area contributed by atoms with Crippen molar-refractivity contribution < 1.29 is 4.79 Å². The van der Waals surface area contributed by atoms with Gasteiger partial charge in [-0.3, -0.25) is 9.69 Å². The summed E-state index contributed by atoms with van der Waals surface area (Å²) in [5, 5.41) is 2.03. The van der Waals surface area contributed by atoms with Gasteiger partial charge in [0.1, 0.15) is 0 Å². The van der Waals surface area contributed by atoms with Gasteiger partial charge in [0.2, 0.25) is 0 Å². The smallest absolute Gasteiger partial charge is 0.264 e. The van der Waals surface area contributed by atoms with Crippen LogP contribution in [0.5, 0.6) is 0 Å². The fourth-order valence-electron chi connectivity index (χ4n) is 3.91. The van der Waals surface area contributed by atoms with Gasteiger partial charge >= 0.3 is 0 Å². The van der Waals surface area contributed by atoms with E-state index in [1.165, 1.54) is 38.8 Å². The normalized spacial score (nSPS) is 29.9. The van der Waals surface area contributed by atoms with Gasteiger partial charge in [-0.15, -0.1) is 11.3 Å². The summed E-state index contributed by atoms with van der Waals surface area (Å²) < 4.78 is 0. The molecule has 4 rings (SSSR count). The lowest BCUT2D eigenvalue weighted by atomic mass is 10.1. The highest BCUT2D eigenvalue weighted by Gasteiger charge is 2.45. The van der Waals surface area contributed by atoms with Gasteiger partial charge < -0.3 is 4.90 Å². The second-order valence-corrected chi connectivity index (χ2v) is 7.50. The van der Waals surface area contributed by atoms with Crippen molar-refractivity contribution >= 4 is 17.2 Å². The van der Waals surface area contributed by atoms with Gasteiger partial charge in [0.15, 0.2) is 0 Å². The van der Waals surface area contributed by atoms with Crippen molar-refractivity contribution in [2.45, 2.75) is 44.7 Å². The first-order chi connectivity index (χ1) is 9.74. The molecule has 0 N–H and O–H groups in total. The fraction of sp³-hybridized carbons (Fsp3) is 0.688. The number of likely N-dealkylation sites (tertiary alicyclic amines) is 2. The number of hydrogen-bond acceptors (Lipinski definition) is 3. The summed E-state index contributed by atoms with van der Waals surface area (Å²) >= 11 is 1.60. The molecule has 4 heteroatoms. The van der Waals surface area contributed by atoms with Crippen LogP contribution in [0.4, 0.5) is 0 Å². The summed E-state index contributed by atoms with van der Waals surface area (Å²) in [6.45, 7) is 5.47. The van der Waals surface area contributed by atoms with Crippen LogP contribution in [0.25, 0.3) is 0 Å². The Kier molecular flexibility index (Phi) is 3.11. The molecule has 2 saturated heterocycles. The molecule has 1 aromatic rings. The van der Waals surface area contributed by atoms with Gasteiger partial charge in [0, 0.05) is 31.7 Å². The Bertz CT molecular complexity index is 522. The van der Waals surface area contributed by atoms with E-state index in [0.29, 0.717) is 12.1 Å². The van der Waals surface area contributed by atoms with Gasteiger partial charge in [-0.2, -0.15) is 0 Å². The van der Waals surface area contributed by atoms with E-state index in [0.717, 1.165) is 22.9 Å². The zero-order valence-electron chi connectivity index (χ0n) is 12.0. The van der Waals surface area contributed by atoms with Gasteiger partial charge in [0.05, 0.1) is 4.88 Å². The molecule has 0 spiro atoms. The minimum absolute atomic E-state index is 0.276. The zero-order valence-corrected chi connectivity index (χ0v) is 12.9. The van der Waals surface area contributed by atoms with E-state index < -0.39 is 0 Å². The maximum Gasteiger partial charge on any atom is 0.264 e. The maximum absolute atomic E-state index is 12.7. The van der Waals surface area contributed by atoms with Crippen LogP contribution in [-0.2, 0) is 0 Å². The first kappa shape index (κ1) is 12.8. The Hall–Kier alpha value is -0.870. The number of carbonyl (C=O) groups excluding carboxylic acids is 1. The van der Waals surface area contributed by atoms with Crippen LogP contribution in [0.1, 0.15) is 40.9 Å². The highest BCUT2D eigenvalue weighted by Crippen LogP contribution is 2.37. The van der Waals surface area contributed by atoms with Crippen molar-refractivity contribution in [1.29, 1.82) is 0 Å². The van der Waals surface area contributed by atoms with Crippen LogP contribution in [0.2, 0.25) is 0 Å². The molecule has 20 heavy (non-hydrogen) atoms. The second-order valence-electron chi connectivity index (χ2n) is 6.58. The van der Waals surface area contributed by atoms with E-state index >= 15 is 0 Å². The summed E-state index contributed by atoms with van der Waals surface area (Å²) in [7, 11) is 0. The molecule has 3 nitrogen and oxygen atoms in total. The number of carbonyl (C=O) groups is 1. The highest BCUT2D eigenvalue weighted by molar-refractivity contribution is 7.12. The Morgan fingerprint density at radius 3 is 2.75 bits per heavy atom. The molecule has 0 unspecified atom stereocenters.